The molecule has 0 unspecified atom stereocenters. The summed E-state index contributed by atoms with van der Waals surface area (Å²) in [6.07, 6.45) is 3.24. The Morgan fingerprint density at radius 2 is 1.32 bits per heavy atom. The quantitative estimate of drug-likeness (QED) is 0.406. The van der Waals surface area contributed by atoms with Crippen LogP contribution in [0, 0.1) is 10.1 Å². The first-order valence-corrected chi connectivity index (χ1v) is 11.6. The molecular formula is C24H28N8O2. The first kappa shape index (κ1) is 22.0. The van der Waals surface area contributed by atoms with Crippen molar-refractivity contribution in [2.24, 2.45) is 0 Å². The number of piperazine rings is 2. The van der Waals surface area contributed by atoms with Crippen molar-refractivity contribution < 1.29 is 4.92 Å². The molecule has 0 spiro atoms. The van der Waals surface area contributed by atoms with Crippen molar-refractivity contribution in [2.45, 2.75) is 6.54 Å². The van der Waals surface area contributed by atoms with Gasteiger partial charge < -0.3 is 14.7 Å². The number of hydrogen-bond donors (Lipinski definition) is 0. The Labute approximate surface area is 198 Å². The van der Waals surface area contributed by atoms with E-state index in [0.717, 1.165) is 38.5 Å². The van der Waals surface area contributed by atoms with Crippen LogP contribution in [0.4, 0.5) is 23.1 Å². The molecule has 176 valence electrons. The van der Waals surface area contributed by atoms with E-state index in [2.05, 4.69) is 36.9 Å². The monoisotopic (exact) mass is 460 g/mol. The van der Waals surface area contributed by atoms with E-state index in [1.807, 2.05) is 46.2 Å². The predicted molar refractivity (Wildman–Crippen MR) is 131 cm³/mol. The Morgan fingerprint density at radius 3 is 1.91 bits per heavy atom. The number of nitro groups is 1. The molecule has 5 rings (SSSR count). The smallest absolute Gasteiger partial charge is 0.353 e. The third-order valence-electron chi connectivity index (χ3n) is 6.44. The van der Waals surface area contributed by atoms with Gasteiger partial charge in [-0.05, 0) is 17.7 Å². The summed E-state index contributed by atoms with van der Waals surface area (Å²) >= 11 is 0. The fourth-order valence-electron chi connectivity index (χ4n) is 4.63. The number of hydrogen-bond acceptors (Lipinski definition) is 9. The lowest BCUT2D eigenvalue weighted by Gasteiger charge is -2.37. The van der Waals surface area contributed by atoms with E-state index in [0.29, 0.717) is 37.8 Å². The summed E-state index contributed by atoms with van der Waals surface area (Å²) in [6, 6.07) is 16.2. The average Bonchev–Trinajstić information content (AvgIpc) is 2.90. The van der Waals surface area contributed by atoms with E-state index >= 15 is 0 Å². The first-order valence-electron chi connectivity index (χ1n) is 11.6. The lowest BCUT2D eigenvalue weighted by Crippen LogP contribution is -2.48. The minimum Gasteiger partial charge on any atom is -0.353 e. The van der Waals surface area contributed by atoms with Crippen molar-refractivity contribution in [1.29, 1.82) is 0 Å². The van der Waals surface area contributed by atoms with E-state index in [-0.39, 0.29) is 10.6 Å². The summed E-state index contributed by atoms with van der Waals surface area (Å²) < 4.78 is 0. The maximum Gasteiger partial charge on any atom is 0.353 e. The maximum absolute atomic E-state index is 12.2. The Bertz CT molecular complexity index is 1100. The fraction of sp³-hybridized carbons (Fsp3) is 0.375. The van der Waals surface area contributed by atoms with E-state index in [1.165, 1.54) is 11.9 Å². The van der Waals surface area contributed by atoms with Crippen molar-refractivity contribution in [2.75, 3.05) is 67.1 Å². The zero-order chi connectivity index (χ0) is 23.3. The van der Waals surface area contributed by atoms with Crippen LogP contribution in [0.5, 0.6) is 0 Å². The van der Waals surface area contributed by atoms with Crippen LogP contribution in [0.3, 0.4) is 0 Å². The van der Waals surface area contributed by atoms with Gasteiger partial charge >= 0.3 is 5.69 Å². The SMILES string of the molecule is O=[N+]([O-])c1c(N2CCN(Cc3ccccc3)CC2)ncnc1N1CCN(c2ccccn2)CC1. The topological polar surface area (TPSA) is 94.8 Å². The van der Waals surface area contributed by atoms with Gasteiger partial charge in [-0.3, -0.25) is 15.0 Å². The molecule has 2 aliphatic heterocycles. The highest BCUT2D eigenvalue weighted by Crippen LogP contribution is 2.35. The second-order valence-corrected chi connectivity index (χ2v) is 8.54. The molecule has 0 amide bonds. The molecular weight excluding hydrogens is 432 g/mol. The van der Waals surface area contributed by atoms with E-state index < -0.39 is 0 Å². The van der Waals surface area contributed by atoms with Gasteiger partial charge in [-0.25, -0.2) is 15.0 Å². The highest BCUT2D eigenvalue weighted by Gasteiger charge is 2.33. The lowest BCUT2D eigenvalue weighted by atomic mass is 10.2. The van der Waals surface area contributed by atoms with Crippen molar-refractivity contribution in [3.05, 3.63) is 76.7 Å². The summed E-state index contributed by atoms with van der Waals surface area (Å²) in [5.41, 5.74) is 1.28. The molecule has 2 saturated heterocycles. The zero-order valence-corrected chi connectivity index (χ0v) is 19.0. The molecule has 10 heteroatoms. The standard InChI is InChI=1S/C24H28N8O2/c33-32(34)22-23(30-12-10-28(11-13-30)18-20-6-2-1-3-7-20)26-19-27-24(22)31-16-14-29(15-17-31)21-8-4-5-9-25-21/h1-9,19H,10-18H2. The summed E-state index contributed by atoms with van der Waals surface area (Å²) in [5.74, 6) is 1.75. The molecule has 2 fully saturated rings. The normalized spacial score (nSPS) is 17.1. The Hall–Kier alpha value is -3.79. The predicted octanol–water partition coefficient (Wildman–Crippen LogP) is 2.43. The van der Waals surface area contributed by atoms with Gasteiger partial charge in [0.25, 0.3) is 0 Å². The number of rotatable bonds is 6. The minimum atomic E-state index is -0.327. The van der Waals surface area contributed by atoms with Crippen LogP contribution in [0.25, 0.3) is 0 Å². The van der Waals surface area contributed by atoms with E-state index in [4.69, 9.17) is 0 Å². The lowest BCUT2D eigenvalue weighted by molar-refractivity contribution is -0.383. The van der Waals surface area contributed by atoms with Gasteiger partial charge in [0.2, 0.25) is 11.6 Å². The summed E-state index contributed by atoms with van der Waals surface area (Å²) in [6.45, 7) is 6.65. The van der Waals surface area contributed by atoms with Crippen LogP contribution in [0.15, 0.2) is 61.1 Å². The molecule has 34 heavy (non-hydrogen) atoms. The third-order valence-corrected chi connectivity index (χ3v) is 6.44. The third kappa shape index (κ3) is 4.76. The minimum absolute atomic E-state index is 0.00490. The second-order valence-electron chi connectivity index (χ2n) is 8.54. The zero-order valence-electron chi connectivity index (χ0n) is 19.0. The molecule has 2 aliphatic rings. The number of aromatic nitrogens is 3. The summed E-state index contributed by atoms with van der Waals surface area (Å²) in [7, 11) is 0. The second kappa shape index (κ2) is 10.0. The average molecular weight is 461 g/mol. The molecule has 0 atom stereocenters. The van der Waals surface area contributed by atoms with Crippen LogP contribution in [0.1, 0.15) is 5.56 Å². The van der Waals surface area contributed by atoms with Crippen molar-refractivity contribution in [1.82, 2.24) is 19.9 Å². The molecule has 1 aromatic carbocycles. The molecule has 4 heterocycles. The van der Waals surface area contributed by atoms with Gasteiger partial charge in [-0.15, -0.1) is 0 Å². The highest BCUT2D eigenvalue weighted by molar-refractivity contribution is 5.71. The summed E-state index contributed by atoms with van der Waals surface area (Å²) in [4.78, 5) is 33.5. The van der Waals surface area contributed by atoms with Gasteiger partial charge in [-0.2, -0.15) is 0 Å². The molecule has 0 radical (unpaired) electrons. The fourth-order valence-corrected chi connectivity index (χ4v) is 4.63. The molecule has 10 nitrogen and oxygen atoms in total. The Balaban J connectivity index is 1.28. The van der Waals surface area contributed by atoms with Crippen molar-refractivity contribution >= 4 is 23.1 Å². The van der Waals surface area contributed by atoms with Gasteiger partial charge in [-0.1, -0.05) is 36.4 Å². The first-order chi connectivity index (χ1) is 16.7. The molecule has 0 aliphatic carbocycles. The van der Waals surface area contributed by atoms with Crippen molar-refractivity contribution in [3.63, 3.8) is 0 Å². The van der Waals surface area contributed by atoms with Gasteiger partial charge in [0.15, 0.2) is 0 Å². The van der Waals surface area contributed by atoms with E-state index in [1.54, 1.807) is 6.20 Å². The van der Waals surface area contributed by atoms with Crippen LogP contribution in [0.2, 0.25) is 0 Å². The molecule has 0 N–H and O–H groups in total. The molecule has 0 bridgehead atoms. The molecule has 0 saturated carbocycles. The van der Waals surface area contributed by atoms with Gasteiger partial charge in [0.1, 0.15) is 12.1 Å². The van der Waals surface area contributed by atoms with Gasteiger partial charge in [0, 0.05) is 65.1 Å². The Morgan fingerprint density at radius 1 is 0.735 bits per heavy atom. The molecule has 3 aromatic rings. The van der Waals surface area contributed by atoms with Crippen LogP contribution in [-0.2, 0) is 6.54 Å². The number of anilines is 3. The van der Waals surface area contributed by atoms with Crippen LogP contribution in [-0.4, -0.2) is 77.1 Å². The molecule has 2 aromatic heterocycles. The maximum atomic E-state index is 12.2. The summed E-state index contributed by atoms with van der Waals surface area (Å²) in [5, 5.41) is 12.2. The van der Waals surface area contributed by atoms with Crippen molar-refractivity contribution in [3.8, 4) is 0 Å². The Kier molecular flexibility index (Phi) is 6.48. The van der Waals surface area contributed by atoms with E-state index in [9.17, 15) is 10.1 Å². The number of nitrogens with zero attached hydrogens (tertiary/aromatic N) is 8. The number of benzene rings is 1. The van der Waals surface area contributed by atoms with Crippen LogP contribution >= 0.6 is 0 Å². The largest absolute Gasteiger partial charge is 0.353 e. The van der Waals surface area contributed by atoms with Crippen LogP contribution < -0.4 is 14.7 Å². The highest BCUT2D eigenvalue weighted by atomic mass is 16.6. The van der Waals surface area contributed by atoms with Gasteiger partial charge in [0.05, 0.1) is 4.92 Å². The number of pyridine rings is 1.